The topological polar surface area (TPSA) is 93.3 Å². The first-order valence-electron chi connectivity index (χ1n) is 6.61. The molecule has 0 unspecified atom stereocenters. The molecule has 0 aliphatic carbocycles. The molecule has 0 atom stereocenters. The highest BCUT2D eigenvalue weighted by Crippen LogP contribution is 2.28. The number of aromatic nitrogens is 2. The molecule has 2 aromatic rings. The first-order valence-corrected chi connectivity index (χ1v) is 8.09. The summed E-state index contributed by atoms with van der Waals surface area (Å²) in [7, 11) is -0.789. The number of rotatable bonds is 6. The second kappa shape index (κ2) is 6.37. The zero-order chi connectivity index (χ0) is 16.3. The summed E-state index contributed by atoms with van der Waals surface area (Å²) in [5.41, 5.74) is 2.43. The highest BCUT2D eigenvalue weighted by molar-refractivity contribution is 7.89. The van der Waals surface area contributed by atoms with Crippen LogP contribution < -0.4 is 14.2 Å². The number of H-pyrrole nitrogens is 1. The minimum Gasteiger partial charge on any atom is -0.497 e. The lowest BCUT2D eigenvalue weighted by molar-refractivity contribution is 0.386. The predicted octanol–water partition coefficient (Wildman–Crippen LogP) is 1.52. The molecule has 22 heavy (non-hydrogen) atoms. The molecule has 1 aromatic heterocycles. The van der Waals surface area contributed by atoms with E-state index in [2.05, 4.69) is 14.9 Å². The Morgan fingerprint density at radius 2 is 1.95 bits per heavy atom. The van der Waals surface area contributed by atoms with E-state index in [0.717, 1.165) is 17.0 Å². The van der Waals surface area contributed by atoms with Gasteiger partial charge in [0.15, 0.2) is 0 Å². The molecule has 1 aromatic carbocycles. The van der Waals surface area contributed by atoms with Gasteiger partial charge in [-0.15, -0.1) is 0 Å². The summed E-state index contributed by atoms with van der Waals surface area (Å²) in [5, 5.41) is 6.87. The first kappa shape index (κ1) is 16.3. The normalized spacial score (nSPS) is 11.5. The Morgan fingerprint density at radius 3 is 2.50 bits per heavy atom. The molecular formula is C14H19N3O4S. The van der Waals surface area contributed by atoms with Crippen LogP contribution in [0.3, 0.4) is 0 Å². The lowest BCUT2D eigenvalue weighted by atomic mass is 10.2. The first-order chi connectivity index (χ1) is 10.4. The van der Waals surface area contributed by atoms with Crippen molar-refractivity contribution in [1.29, 1.82) is 0 Å². The van der Waals surface area contributed by atoms with Gasteiger partial charge in [-0.25, -0.2) is 13.1 Å². The Bertz CT molecular complexity index is 749. The number of aryl methyl sites for hydroxylation is 2. The molecular weight excluding hydrogens is 306 g/mol. The van der Waals surface area contributed by atoms with Gasteiger partial charge < -0.3 is 9.47 Å². The molecule has 0 fully saturated rings. The minimum absolute atomic E-state index is 0.0644. The Hall–Kier alpha value is -2.06. The van der Waals surface area contributed by atoms with Crippen LogP contribution in [0.4, 0.5) is 0 Å². The van der Waals surface area contributed by atoms with Crippen LogP contribution in [-0.2, 0) is 16.6 Å². The monoisotopic (exact) mass is 325 g/mol. The third kappa shape index (κ3) is 3.23. The molecule has 0 amide bonds. The largest absolute Gasteiger partial charge is 0.497 e. The van der Waals surface area contributed by atoms with Crippen molar-refractivity contribution in [2.24, 2.45) is 0 Å². The fourth-order valence-corrected chi connectivity index (χ4v) is 3.22. The Balaban J connectivity index is 2.27. The van der Waals surface area contributed by atoms with Gasteiger partial charge in [-0.05, 0) is 26.0 Å². The number of hydrogen-bond acceptors (Lipinski definition) is 5. The van der Waals surface area contributed by atoms with Crippen molar-refractivity contribution in [2.45, 2.75) is 25.3 Å². The molecule has 0 spiro atoms. The summed E-state index contributed by atoms with van der Waals surface area (Å²) in [6.07, 6.45) is 0. The third-order valence-electron chi connectivity index (χ3n) is 3.38. The fourth-order valence-electron chi connectivity index (χ4n) is 2.08. The van der Waals surface area contributed by atoms with Gasteiger partial charge in [0.05, 0.1) is 19.9 Å². The van der Waals surface area contributed by atoms with E-state index >= 15 is 0 Å². The van der Waals surface area contributed by atoms with Gasteiger partial charge in [0.25, 0.3) is 0 Å². The average molecular weight is 325 g/mol. The van der Waals surface area contributed by atoms with Gasteiger partial charge in [0.1, 0.15) is 16.4 Å². The van der Waals surface area contributed by atoms with E-state index in [4.69, 9.17) is 9.47 Å². The molecule has 120 valence electrons. The number of nitrogens with zero attached hydrogens (tertiary/aromatic N) is 1. The van der Waals surface area contributed by atoms with E-state index in [1.54, 1.807) is 6.07 Å². The maximum absolute atomic E-state index is 12.5. The molecule has 0 radical (unpaired) electrons. The number of hydrogen-bond donors (Lipinski definition) is 2. The molecule has 0 bridgehead atoms. The van der Waals surface area contributed by atoms with E-state index in [1.165, 1.54) is 26.4 Å². The zero-order valence-electron chi connectivity index (χ0n) is 12.9. The van der Waals surface area contributed by atoms with Crippen LogP contribution in [0.1, 0.15) is 17.0 Å². The second-order valence-corrected chi connectivity index (χ2v) is 6.49. The summed E-state index contributed by atoms with van der Waals surface area (Å²) in [6, 6.07) is 4.56. The number of benzene rings is 1. The molecule has 0 saturated heterocycles. The smallest absolute Gasteiger partial charge is 0.244 e. The lowest BCUT2D eigenvalue weighted by Gasteiger charge is -2.12. The van der Waals surface area contributed by atoms with Crippen molar-refractivity contribution in [2.75, 3.05) is 14.2 Å². The zero-order valence-corrected chi connectivity index (χ0v) is 13.7. The fraction of sp³-hybridized carbons (Fsp3) is 0.357. The van der Waals surface area contributed by atoms with Gasteiger partial charge in [-0.3, -0.25) is 5.10 Å². The van der Waals surface area contributed by atoms with Crippen molar-refractivity contribution in [3.8, 4) is 11.5 Å². The predicted molar refractivity (Wildman–Crippen MR) is 81.6 cm³/mol. The van der Waals surface area contributed by atoms with Gasteiger partial charge in [-0.2, -0.15) is 5.10 Å². The van der Waals surface area contributed by atoms with E-state index in [0.29, 0.717) is 5.75 Å². The lowest BCUT2D eigenvalue weighted by Crippen LogP contribution is -2.24. The van der Waals surface area contributed by atoms with Crippen LogP contribution in [0.25, 0.3) is 0 Å². The third-order valence-corrected chi connectivity index (χ3v) is 4.82. The van der Waals surface area contributed by atoms with Crippen LogP contribution in [0.5, 0.6) is 11.5 Å². The van der Waals surface area contributed by atoms with Gasteiger partial charge in [-0.1, -0.05) is 0 Å². The van der Waals surface area contributed by atoms with Crippen LogP contribution in [0, 0.1) is 13.8 Å². The molecule has 1 heterocycles. The Kier molecular flexibility index (Phi) is 4.72. The van der Waals surface area contributed by atoms with E-state index in [9.17, 15) is 8.42 Å². The maximum atomic E-state index is 12.5. The quantitative estimate of drug-likeness (QED) is 0.840. The van der Waals surface area contributed by atoms with Crippen LogP contribution in [0.15, 0.2) is 23.1 Å². The highest BCUT2D eigenvalue weighted by Gasteiger charge is 2.21. The average Bonchev–Trinajstić information content (AvgIpc) is 2.83. The summed E-state index contributed by atoms with van der Waals surface area (Å²) in [5.74, 6) is 0.754. The Morgan fingerprint density at radius 1 is 1.23 bits per heavy atom. The molecule has 2 rings (SSSR count). The Labute approximate surface area is 129 Å². The van der Waals surface area contributed by atoms with Crippen molar-refractivity contribution < 1.29 is 17.9 Å². The number of nitrogens with one attached hydrogen (secondary N) is 2. The molecule has 8 heteroatoms. The van der Waals surface area contributed by atoms with Gasteiger partial charge in [0, 0.05) is 23.9 Å². The second-order valence-electron chi connectivity index (χ2n) is 4.75. The summed E-state index contributed by atoms with van der Waals surface area (Å²) in [6.45, 7) is 3.82. The van der Waals surface area contributed by atoms with Crippen molar-refractivity contribution in [3.63, 3.8) is 0 Å². The molecule has 2 N–H and O–H groups in total. The van der Waals surface area contributed by atoms with Gasteiger partial charge >= 0.3 is 0 Å². The minimum atomic E-state index is -3.71. The maximum Gasteiger partial charge on any atom is 0.244 e. The van der Waals surface area contributed by atoms with Crippen LogP contribution in [-0.4, -0.2) is 32.8 Å². The number of ether oxygens (including phenoxy) is 2. The molecule has 7 nitrogen and oxygen atoms in total. The van der Waals surface area contributed by atoms with E-state index in [-0.39, 0.29) is 17.2 Å². The number of sulfonamides is 1. The van der Waals surface area contributed by atoms with E-state index < -0.39 is 10.0 Å². The summed E-state index contributed by atoms with van der Waals surface area (Å²) >= 11 is 0. The van der Waals surface area contributed by atoms with Crippen molar-refractivity contribution >= 4 is 10.0 Å². The van der Waals surface area contributed by atoms with Crippen LogP contribution >= 0.6 is 0 Å². The molecule has 0 saturated carbocycles. The summed E-state index contributed by atoms with van der Waals surface area (Å²) < 4.78 is 37.7. The van der Waals surface area contributed by atoms with Crippen molar-refractivity contribution in [3.05, 3.63) is 35.2 Å². The highest BCUT2D eigenvalue weighted by atomic mass is 32.2. The van der Waals surface area contributed by atoms with Crippen LogP contribution in [0.2, 0.25) is 0 Å². The summed E-state index contributed by atoms with van der Waals surface area (Å²) in [4.78, 5) is 0.0644. The van der Waals surface area contributed by atoms with Crippen molar-refractivity contribution in [1.82, 2.24) is 14.9 Å². The molecule has 0 aliphatic rings. The standard InChI is InChI=1S/C14H19N3O4S/c1-9-12(10(2)17-16-9)8-15-22(18,19)14-6-5-11(20-3)7-13(14)21-4/h5-7,15H,8H2,1-4H3,(H,16,17). The molecule has 0 aliphatic heterocycles. The van der Waals surface area contributed by atoms with E-state index in [1.807, 2.05) is 13.8 Å². The number of methoxy groups -OCH3 is 2. The van der Waals surface area contributed by atoms with Gasteiger partial charge in [0.2, 0.25) is 10.0 Å². The SMILES string of the molecule is COc1ccc(S(=O)(=O)NCc2c(C)n[nH]c2C)c(OC)c1. The number of aromatic amines is 1.